The Morgan fingerprint density at radius 1 is 0.791 bits per heavy atom. The Kier molecular flexibility index (Phi) is 10.1. The van der Waals surface area contributed by atoms with E-state index in [-0.39, 0.29) is 24.5 Å². The van der Waals surface area contributed by atoms with Crippen molar-refractivity contribution >= 4 is 23.9 Å². The number of aliphatic carboxylic acids is 1. The minimum absolute atomic E-state index is 0.113. The first kappa shape index (κ1) is 30.7. The second-order valence-corrected chi connectivity index (χ2v) is 9.44. The van der Waals surface area contributed by atoms with Crippen LogP contribution >= 0.6 is 0 Å². The van der Waals surface area contributed by atoms with Crippen molar-refractivity contribution in [3.8, 4) is 11.1 Å². The Bertz CT molecular complexity index is 1570. The third-order valence-electron chi connectivity index (χ3n) is 6.30. The van der Waals surface area contributed by atoms with Gasteiger partial charge in [0, 0.05) is 5.56 Å². The van der Waals surface area contributed by atoms with Gasteiger partial charge in [0.2, 0.25) is 0 Å². The largest absolute Gasteiger partial charge is 0.480 e. The molecule has 0 heterocycles. The summed E-state index contributed by atoms with van der Waals surface area (Å²) < 4.78 is 44.4. The smallest absolute Gasteiger partial charge is 0.416 e. The lowest BCUT2D eigenvalue weighted by molar-refractivity contribution is -0.143. The number of alkyl halides is 3. The molecule has 4 aromatic carbocycles. The summed E-state index contributed by atoms with van der Waals surface area (Å²) in [6.07, 6.45) is -3.24. The lowest BCUT2D eigenvalue weighted by atomic mass is 10.0. The van der Waals surface area contributed by atoms with Crippen molar-refractivity contribution in [3.63, 3.8) is 0 Å². The predicted molar refractivity (Wildman–Crippen MR) is 154 cm³/mol. The Balaban J connectivity index is 1.55. The quantitative estimate of drug-likeness (QED) is 0.189. The van der Waals surface area contributed by atoms with Crippen LogP contribution in [-0.2, 0) is 27.1 Å². The van der Waals surface area contributed by atoms with Crippen molar-refractivity contribution in [2.45, 2.75) is 18.8 Å². The maximum absolute atomic E-state index is 13.3. The molecular weight excluding hydrogens is 561 g/mol. The van der Waals surface area contributed by atoms with Gasteiger partial charge in [0.05, 0.1) is 18.8 Å². The van der Waals surface area contributed by atoms with Gasteiger partial charge in [-0.15, -0.1) is 0 Å². The van der Waals surface area contributed by atoms with Crippen LogP contribution in [0.2, 0.25) is 0 Å². The SMILES string of the molecule is O=C(N[C@H](COCc1ccccc1)C(=O)O)/C(=C\c1ccc(-c2ccccc2)cc1)NC(=O)c1ccc(C(F)(F)F)cc1. The number of halogens is 3. The van der Waals surface area contributed by atoms with Gasteiger partial charge in [0.25, 0.3) is 11.8 Å². The standard InChI is InChI=1S/C33H27F3N2O5/c34-33(35,36)27-17-15-26(16-18-27)30(39)37-28(19-22-11-13-25(14-12-22)24-9-5-2-6-10-24)31(40)38-29(32(41)42)21-43-20-23-7-3-1-4-8-23/h1-19,29H,20-21H2,(H,37,39)(H,38,40)(H,41,42)/b28-19+/t29-/m1/s1. The fraction of sp³-hybridized carbons (Fsp3) is 0.121. The molecule has 0 saturated heterocycles. The number of benzene rings is 4. The van der Waals surface area contributed by atoms with Crippen molar-refractivity contribution < 1.29 is 37.4 Å². The fourth-order valence-corrected chi connectivity index (χ4v) is 4.01. The van der Waals surface area contributed by atoms with E-state index in [0.717, 1.165) is 41.0 Å². The summed E-state index contributed by atoms with van der Waals surface area (Å²) in [7, 11) is 0. The molecule has 4 rings (SSSR count). The summed E-state index contributed by atoms with van der Waals surface area (Å²) in [6.45, 7) is -0.247. The molecule has 3 N–H and O–H groups in total. The topological polar surface area (TPSA) is 105 Å². The molecule has 43 heavy (non-hydrogen) atoms. The highest BCUT2D eigenvalue weighted by molar-refractivity contribution is 6.06. The van der Waals surface area contributed by atoms with E-state index in [0.29, 0.717) is 5.56 Å². The number of ether oxygens (including phenoxy) is 1. The van der Waals surface area contributed by atoms with Crippen LogP contribution in [0.15, 0.2) is 115 Å². The molecule has 10 heteroatoms. The number of carboxylic acid groups (broad SMARTS) is 1. The van der Waals surface area contributed by atoms with E-state index >= 15 is 0 Å². The van der Waals surface area contributed by atoms with Crippen molar-refractivity contribution in [1.82, 2.24) is 10.6 Å². The molecule has 4 aromatic rings. The van der Waals surface area contributed by atoms with Crippen LogP contribution in [0, 0.1) is 0 Å². The van der Waals surface area contributed by atoms with Crippen LogP contribution in [0.25, 0.3) is 17.2 Å². The van der Waals surface area contributed by atoms with E-state index < -0.39 is 35.6 Å². The molecule has 0 bridgehead atoms. The molecule has 7 nitrogen and oxygen atoms in total. The van der Waals surface area contributed by atoms with E-state index in [1.807, 2.05) is 48.5 Å². The van der Waals surface area contributed by atoms with Crippen LogP contribution in [0.3, 0.4) is 0 Å². The zero-order valence-corrected chi connectivity index (χ0v) is 22.7. The van der Waals surface area contributed by atoms with Crippen molar-refractivity contribution in [2.75, 3.05) is 6.61 Å². The molecular formula is C33H27F3N2O5. The van der Waals surface area contributed by atoms with Crippen LogP contribution in [0.5, 0.6) is 0 Å². The number of carboxylic acids is 1. The molecule has 0 spiro atoms. The molecule has 0 radical (unpaired) electrons. The Morgan fingerprint density at radius 3 is 1.95 bits per heavy atom. The number of carbonyl (C=O) groups is 3. The molecule has 0 aliphatic heterocycles. The number of nitrogens with one attached hydrogen (secondary N) is 2. The van der Waals surface area contributed by atoms with E-state index in [2.05, 4.69) is 10.6 Å². The average Bonchev–Trinajstić information content (AvgIpc) is 3.01. The number of hydrogen-bond acceptors (Lipinski definition) is 4. The molecule has 1 atom stereocenters. The third kappa shape index (κ3) is 8.88. The molecule has 0 aliphatic rings. The number of amides is 2. The highest BCUT2D eigenvalue weighted by Crippen LogP contribution is 2.29. The predicted octanol–water partition coefficient (Wildman–Crippen LogP) is 5.93. The van der Waals surface area contributed by atoms with E-state index in [1.54, 1.807) is 36.4 Å². The molecule has 220 valence electrons. The Morgan fingerprint density at radius 2 is 1.37 bits per heavy atom. The van der Waals surface area contributed by atoms with E-state index in [9.17, 15) is 32.7 Å². The highest BCUT2D eigenvalue weighted by Gasteiger charge is 2.30. The fourth-order valence-electron chi connectivity index (χ4n) is 4.01. The van der Waals surface area contributed by atoms with Gasteiger partial charge < -0.3 is 20.5 Å². The van der Waals surface area contributed by atoms with Crippen LogP contribution in [0.4, 0.5) is 13.2 Å². The number of carbonyl (C=O) groups excluding carboxylic acids is 2. The minimum atomic E-state index is -4.58. The second-order valence-electron chi connectivity index (χ2n) is 9.44. The van der Waals surface area contributed by atoms with Crippen LogP contribution < -0.4 is 10.6 Å². The summed E-state index contributed by atoms with van der Waals surface area (Å²) in [6, 6.07) is 27.6. The van der Waals surface area contributed by atoms with Crippen molar-refractivity contribution in [2.24, 2.45) is 0 Å². The average molecular weight is 589 g/mol. The third-order valence-corrected chi connectivity index (χ3v) is 6.30. The second kappa shape index (κ2) is 14.1. The Hall–Kier alpha value is -5.22. The first-order valence-electron chi connectivity index (χ1n) is 13.1. The van der Waals surface area contributed by atoms with Crippen LogP contribution in [0.1, 0.15) is 27.0 Å². The van der Waals surface area contributed by atoms with Gasteiger partial charge in [-0.3, -0.25) is 9.59 Å². The van der Waals surface area contributed by atoms with Gasteiger partial charge in [-0.05, 0) is 52.6 Å². The summed E-state index contributed by atoms with van der Waals surface area (Å²) >= 11 is 0. The number of rotatable bonds is 11. The summed E-state index contributed by atoms with van der Waals surface area (Å²) in [5.41, 5.74) is 1.80. The zero-order valence-electron chi connectivity index (χ0n) is 22.7. The molecule has 0 saturated carbocycles. The van der Waals surface area contributed by atoms with Gasteiger partial charge in [0.15, 0.2) is 6.04 Å². The van der Waals surface area contributed by atoms with Gasteiger partial charge in [-0.2, -0.15) is 13.2 Å². The summed E-state index contributed by atoms with van der Waals surface area (Å²) in [4.78, 5) is 38.1. The zero-order chi connectivity index (χ0) is 30.8. The maximum atomic E-state index is 13.3. The maximum Gasteiger partial charge on any atom is 0.416 e. The molecule has 0 aromatic heterocycles. The summed E-state index contributed by atoms with van der Waals surface area (Å²) in [5, 5.41) is 14.4. The molecule has 2 amide bonds. The molecule has 0 fully saturated rings. The summed E-state index contributed by atoms with van der Waals surface area (Å²) in [5.74, 6) is -3.15. The van der Waals surface area contributed by atoms with Gasteiger partial charge in [0.1, 0.15) is 5.70 Å². The van der Waals surface area contributed by atoms with Crippen molar-refractivity contribution in [1.29, 1.82) is 0 Å². The molecule has 0 aliphatic carbocycles. The van der Waals surface area contributed by atoms with Crippen molar-refractivity contribution in [3.05, 3.63) is 137 Å². The minimum Gasteiger partial charge on any atom is -0.480 e. The van der Waals surface area contributed by atoms with Gasteiger partial charge >= 0.3 is 12.1 Å². The van der Waals surface area contributed by atoms with Gasteiger partial charge in [-0.25, -0.2) is 4.79 Å². The molecule has 0 unspecified atom stereocenters. The lowest BCUT2D eigenvalue weighted by Gasteiger charge is -2.17. The normalized spacial score (nSPS) is 12.3. The number of hydrogen-bond donors (Lipinski definition) is 3. The van der Waals surface area contributed by atoms with E-state index in [1.165, 1.54) is 6.08 Å². The van der Waals surface area contributed by atoms with Gasteiger partial charge in [-0.1, -0.05) is 84.9 Å². The first-order chi connectivity index (χ1) is 20.6. The lowest BCUT2D eigenvalue weighted by Crippen LogP contribution is -2.46. The Labute approximate surface area is 245 Å². The monoisotopic (exact) mass is 588 g/mol. The van der Waals surface area contributed by atoms with E-state index in [4.69, 9.17) is 4.74 Å². The highest BCUT2D eigenvalue weighted by atomic mass is 19.4. The van der Waals surface area contributed by atoms with Crippen LogP contribution in [-0.4, -0.2) is 35.5 Å². The first-order valence-corrected chi connectivity index (χ1v) is 13.1.